The summed E-state index contributed by atoms with van der Waals surface area (Å²) >= 11 is 0. The third-order valence-electron chi connectivity index (χ3n) is 3.56. The van der Waals surface area contributed by atoms with Crippen molar-refractivity contribution in [2.45, 2.75) is 26.4 Å². The van der Waals surface area contributed by atoms with Gasteiger partial charge in [0.15, 0.2) is 5.78 Å². The van der Waals surface area contributed by atoms with E-state index in [2.05, 4.69) is 4.74 Å². The molecule has 1 atom stereocenters. The van der Waals surface area contributed by atoms with Gasteiger partial charge in [-0.25, -0.2) is 4.79 Å². The second-order valence-electron chi connectivity index (χ2n) is 5.44. The van der Waals surface area contributed by atoms with Crippen LogP contribution in [0.1, 0.15) is 42.3 Å². The molecule has 0 aliphatic rings. The van der Waals surface area contributed by atoms with Crippen LogP contribution in [-0.4, -0.2) is 24.1 Å². The van der Waals surface area contributed by atoms with E-state index in [-0.39, 0.29) is 12.7 Å². The highest BCUT2D eigenvalue weighted by Crippen LogP contribution is 2.23. The highest BCUT2D eigenvalue weighted by Gasteiger charge is 2.20. The average Bonchev–Trinajstić information content (AvgIpc) is 2.62. The minimum Gasteiger partial charge on any atom is -0.486 e. The Kier molecular flexibility index (Phi) is 6.46. The normalized spacial score (nSPS) is 11.4. The molecule has 0 saturated heterocycles. The molecule has 0 saturated carbocycles. The predicted octanol–water partition coefficient (Wildman–Crippen LogP) is 3.53. The van der Waals surface area contributed by atoms with E-state index in [1.807, 2.05) is 37.3 Å². The van der Waals surface area contributed by atoms with Crippen molar-refractivity contribution >= 4 is 17.5 Å². The molecular formula is C20H20O5. The van der Waals surface area contributed by atoms with Crippen LogP contribution in [0.25, 0.3) is 0 Å². The fourth-order valence-corrected chi connectivity index (χ4v) is 2.27. The van der Waals surface area contributed by atoms with Crippen molar-refractivity contribution in [3.63, 3.8) is 0 Å². The molecular weight excluding hydrogens is 320 g/mol. The van der Waals surface area contributed by atoms with Crippen LogP contribution in [0.4, 0.5) is 0 Å². The molecule has 0 amide bonds. The van der Waals surface area contributed by atoms with Crippen LogP contribution >= 0.6 is 0 Å². The van der Waals surface area contributed by atoms with E-state index in [1.54, 1.807) is 31.2 Å². The molecule has 0 radical (unpaired) electrons. The summed E-state index contributed by atoms with van der Waals surface area (Å²) in [4.78, 5) is 35.2. The molecule has 0 aromatic heterocycles. The lowest BCUT2D eigenvalue weighted by Crippen LogP contribution is -2.20. The Morgan fingerprint density at radius 1 is 1.00 bits per heavy atom. The molecule has 5 nitrogen and oxygen atoms in total. The minimum absolute atomic E-state index is 0.0967. The van der Waals surface area contributed by atoms with Crippen LogP contribution < -0.4 is 4.74 Å². The Labute approximate surface area is 146 Å². The van der Waals surface area contributed by atoms with Crippen LogP contribution in [0.5, 0.6) is 5.75 Å². The quantitative estimate of drug-likeness (QED) is 0.318. The van der Waals surface area contributed by atoms with Gasteiger partial charge >= 0.3 is 5.97 Å². The largest absolute Gasteiger partial charge is 0.486 e. The first-order valence-electron chi connectivity index (χ1n) is 8.06. The summed E-state index contributed by atoms with van der Waals surface area (Å²) in [6.07, 6.45) is -0.705. The van der Waals surface area contributed by atoms with Gasteiger partial charge in [-0.15, -0.1) is 0 Å². The third kappa shape index (κ3) is 5.28. The number of rotatable bonds is 8. The van der Waals surface area contributed by atoms with E-state index in [1.165, 1.54) is 0 Å². The fraction of sp³-hybridized carbons (Fsp3) is 0.250. The summed E-state index contributed by atoms with van der Waals surface area (Å²) in [5.74, 6) is -1.77. The number of Topliss-reactive ketones (excluding diaryl/α,β-unsaturated/α-hetero) is 2. The van der Waals surface area contributed by atoms with Gasteiger partial charge in [0.25, 0.3) is 0 Å². The summed E-state index contributed by atoms with van der Waals surface area (Å²) in [5.41, 5.74) is 1.33. The number of carbonyl (C=O) groups is 3. The zero-order valence-corrected chi connectivity index (χ0v) is 14.2. The monoisotopic (exact) mass is 340 g/mol. The molecule has 2 aromatic rings. The second-order valence-corrected chi connectivity index (χ2v) is 5.44. The van der Waals surface area contributed by atoms with E-state index < -0.39 is 24.0 Å². The predicted molar refractivity (Wildman–Crippen MR) is 92.5 cm³/mol. The van der Waals surface area contributed by atoms with E-state index in [9.17, 15) is 14.4 Å². The number of ketones is 2. The lowest BCUT2D eigenvalue weighted by molar-refractivity contribution is -0.153. The topological polar surface area (TPSA) is 69.7 Å². The summed E-state index contributed by atoms with van der Waals surface area (Å²) < 4.78 is 10.5. The first-order valence-corrected chi connectivity index (χ1v) is 8.06. The Morgan fingerprint density at radius 2 is 1.72 bits per heavy atom. The van der Waals surface area contributed by atoms with Crippen molar-refractivity contribution in [3.8, 4) is 5.75 Å². The van der Waals surface area contributed by atoms with Gasteiger partial charge in [-0.05, 0) is 31.5 Å². The van der Waals surface area contributed by atoms with Crippen molar-refractivity contribution in [1.82, 2.24) is 0 Å². The zero-order chi connectivity index (χ0) is 18.2. The zero-order valence-electron chi connectivity index (χ0n) is 14.2. The van der Waals surface area contributed by atoms with Crippen LogP contribution in [-0.2, 0) is 14.3 Å². The van der Waals surface area contributed by atoms with E-state index in [4.69, 9.17) is 4.74 Å². The molecule has 0 spiro atoms. The highest BCUT2D eigenvalue weighted by atomic mass is 16.5. The molecule has 0 fully saturated rings. The van der Waals surface area contributed by atoms with Gasteiger partial charge in [0.2, 0.25) is 5.78 Å². The van der Waals surface area contributed by atoms with Crippen LogP contribution in [0.2, 0.25) is 0 Å². The van der Waals surface area contributed by atoms with Gasteiger partial charge in [0.1, 0.15) is 11.9 Å². The lowest BCUT2D eigenvalue weighted by Gasteiger charge is -2.15. The van der Waals surface area contributed by atoms with Crippen molar-refractivity contribution in [1.29, 1.82) is 0 Å². The maximum absolute atomic E-state index is 12.2. The van der Waals surface area contributed by atoms with E-state index in [0.29, 0.717) is 11.3 Å². The summed E-state index contributed by atoms with van der Waals surface area (Å²) in [5, 5.41) is 0. The standard InChI is InChI=1S/C20H20O5/c1-3-24-20(23)19(22)13-18(21)16-10-7-11-17(12-16)25-14(2)15-8-5-4-6-9-15/h4-12,14H,3,13H2,1-2H3. The number of hydrogen-bond donors (Lipinski definition) is 0. The third-order valence-corrected chi connectivity index (χ3v) is 3.56. The van der Waals surface area contributed by atoms with Crippen LogP contribution in [0.3, 0.4) is 0 Å². The van der Waals surface area contributed by atoms with Gasteiger partial charge < -0.3 is 9.47 Å². The maximum atomic E-state index is 12.2. The number of benzene rings is 2. The number of carbonyl (C=O) groups excluding carboxylic acids is 3. The van der Waals surface area contributed by atoms with Gasteiger partial charge in [-0.1, -0.05) is 42.5 Å². The molecule has 0 bridgehead atoms. The molecule has 1 unspecified atom stereocenters. The Hall–Kier alpha value is -2.95. The van der Waals surface area contributed by atoms with Crippen molar-refractivity contribution in [3.05, 3.63) is 65.7 Å². The smallest absolute Gasteiger partial charge is 0.375 e. The Bertz CT molecular complexity index is 752. The number of esters is 1. The molecule has 25 heavy (non-hydrogen) atoms. The maximum Gasteiger partial charge on any atom is 0.375 e. The van der Waals surface area contributed by atoms with Crippen molar-refractivity contribution in [2.24, 2.45) is 0 Å². The van der Waals surface area contributed by atoms with E-state index >= 15 is 0 Å². The summed E-state index contributed by atoms with van der Waals surface area (Å²) in [7, 11) is 0. The molecule has 0 N–H and O–H groups in total. The summed E-state index contributed by atoms with van der Waals surface area (Å²) in [6, 6.07) is 16.3. The molecule has 0 aliphatic heterocycles. The van der Waals surface area contributed by atoms with Gasteiger partial charge in [-0.2, -0.15) is 0 Å². The van der Waals surface area contributed by atoms with E-state index in [0.717, 1.165) is 5.56 Å². The molecule has 2 aromatic carbocycles. The minimum atomic E-state index is -0.985. The van der Waals surface area contributed by atoms with Crippen LogP contribution in [0.15, 0.2) is 54.6 Å². The first kappa shape index (κ1) is 18.4. The first-order chi connectivity index (χ1) is 12.0. The van der Waals surface area contributed by atoms with Crippen molar-refractivity contribution in [2.75, 3.05) is 6.61 Å². The fourth-order valence-electron chi connectivity index (χ4n) is 2.27. The van der Waals surface area contributed by atoms with Gasteiger partial charge in [-0.3, -0.25) is 9.59 Å². The molecule has 0 heterocycles. The number of hydrogen-bond acceptors (Lipinski definition) is 5. The second kappa shape index (κ2) is 8.78. The van der Waals surface area contributed by atoms with Crippen molar-refractivity contribution < 1.29 is 23.9 Å². The summed E-state index contributed by atoms with van der Waals surface area (Å²) in [6.45, 7) is 3.61. The SMILES string of the molecule is CCOC(=O)C(=O)CC(=O)c1cccc(OC(C)c2ccccc2)c1. The Balaban J connectivity index is 2.04. The molecule has 2 rings (SSSR count). The molecule has 0 aliphatic carbocycles. The lowest BCUT2D eigenvalue weighted by atomic mass is 10.1. The van der Waals surface area contributed by atoms with Gasteiger partial charge in [0.05, 0.1) is 13.0 Å². The molecule has 5 heteroatoms. The van der Waals surface area contributed by atoms with Crippen LogP contribution in [0, 0.1) is 0 Å². The Morgan fingerprint density at radius 3 is 2.40 bits per heavy atom. The number of ether oxygens (including phenoxy) is 2. The highest BCUT2D eigenvalue weighted by molar-refractivity contribution is 6.38. The average molecular weight is 340 g/mol. The van der Waals surface area contributed by atoms with Gasteiger partial charge in [0, 0.05) is 5.56 Å². The molecule has 130 valence electrons.